The van der Waals surface area contributed by atoms with Crippen LogP contribution < -0.4 is 10.6 Å². The van der Waals surface area contributed by atoms with Crippen LogP contribution >= 0.6 is 24.0 Å². The third-order valence-corrected chi connectivity index (χ3v) is 2.46. The molecule has 5 heteroatoms. The molecule has 0 amide bonds. The van der Waals surface area contributed by atoms with E-state index in [0.717, 1.165) is 28.9 Å². The van der Waals surface area contributed by atoms with Gasteiger partial charge in [-0.05, 0) is 55.2 Å². The number of thiocarbonyl (C=S) groups is 1. The van der Waals surface area contributed by atoms with Crippen molar-refractivity contribution in [1.29, 1.82) is 5.26 Å². The van der Waals surface area contributed by atoms with Crippen LogP contribution in [0.2, 0.25) is 0 Å². The molecule has 0 aromatic heterocycles. The normalized spacial score (nSPS) is 9.07. The van der Waals surface area contributed by atoms with Crippen molar-refractivity contribution >= 4 is 34.8 Å². The fourth-order valence-corrected chi connectivity index (χ4v) is 1.63. The van der Waals surface area contributed by atoms with Gasteiger partial charge in [-0.25, -0.2) is 0 Å². The second kappa shape index (κ2) is 6.27. The smallest absolute Gasteiger partial charge is 0.170 e. The quantitative estimate of drug-likeness (QED) is 0.480. The molecule has 0 bridgehead atoms. The van der Waals surface area contributed by atoms with Crippen LogP contribution in [0.3, 0.4) is 0 Å². The van der Waals surface area contributed by atoms with E-state index in [1.165, 1.54) is 0 Å². The molecule has 0 heterocycles. The second-order valence-corrected chi connectivity index (χ2v) is 3.97. The Balaban J connectivity index is 2.57. The molecule has 0 saturated heterocycles. The van der Waals surface area contributed by atoms with Crippen LogP contribution in [0.25, 0.3) is 0 Å². The monoisotopic (exact) mass is 237 g/mol. The van der Waals surface area contributed by atoms with Crippen LogP contribution in [0.1, 0.15) is 6.92 Å². The molecule has 0 unspecified atom stereocenters. The zero-order valence-corrected chi connectivity index (χ0v) is 9.91. The summed E-state index contributed by atoms with van der Waals surface area (Å²) in [6.45, 7) is 2.79. The number of nitrogens with zero attached hydrogens (tertiary/aromatic N) is 1. The van der Waals surface area contributed by atoms with Gasteiger partial charge >= 0.3 is 0 Å². The van der Waals surface area contributed by atoms with E-state index in [4.69, 9.17) is 17.5 Å². The van der Waals surface area contributed by atoms with Crippen LogP contribution in [-0.4, -0.2) is 11.7 Å². The van der Waals surface area contributed by atoms with Crippen molar-refractivity contribution in [2.24, 2.45) is 0 Å². The van der Waals surface area contributed by atoms with Gasteiger partial charge in [0.2, 0.25) is 0 Å². The number of nitrogens with one attached hydrogen (secondary N) is 2. The van der Waals surface area contributed by atoms with Gasteiger partial charge in [-0.2, -0.15) is 5.26 Å². The molecule has 0 saturated carbocycles. The van der Waals surface area contributed by atoms with Gasteiger partial charge in [0.25, 0.3) is 0 Å². The zero-order valence-electron chi connectivity index (χ0n) is 8.28. The first-order chi connectivity index (χ1) is 7.26. The first-order valence-electron chi connectivity index (χ1n) is 4.47. The first-order valence-corrected chi connectivity index (χ1v) is 5.69. The minimum Gasteiger partial charge on any atom is -0.363 e. The van der Waals surface area contributed by atoms with E-state index in [0.29, 0.717) is 5.11 Å². The largest absolute Gasteiger partial charge is 0.363 e. The maximum absolute atomic E-state index is 8.47. The molecular formula is C10H11N3S2. The van der Waals surface area contributed by atoms with Gasteiger partial charge in [0.15, 0.2) is 5.11 Å². The Labute approximate surface area is 98.9 Å². The van der Waals surface area contributed by atoms with Gasteiger partial charge in [-0.15, -0.1) is 0 Å². The van der Waals surface area contributed by atoms with Crippen molar-refractivity contribution in [3.63, 3.8) is 0 Å². The average Bonchev–Trinajstić information content (AvgIpc) is 2.22. The van der Waals surface area contributed by atoms with Crippen LogP contribution in [-0.2, 0) is 0 Å². The Morgan fingerprint density at radius 2 is 2.13 bits per heavy atom. The number of rotatable bonds is 3. The molecule has 0 spiro atoms. The summed E-state index contributed by atoms with van der Waals surface area (Å²) in [6.07, 6.45) is 0. The highest BCUT2D eigenvalue weighted by molar-refractivity contribution is 8.03. The van der Waals surface area contributed by atoms with Crippen LogP contribution in [0.5, 0.6) is 0 Å². The lowest BCUT2D eigenvalue weighted by Crippen LogP contribution is -2.27. The van der Waals surface area contributed by atoms with Gasteiger partial charge in [0.05, 0.1) is 0 Å². The Morgan fingerprint density at radius 3 is 2.67 bits per heavy atom. The summed E-state index contributed by atoms with van der Waals surface area (Å²) in [5.74, 6) is 0. The van der Waals surface area contributed by atoms with E-state index < -0.39 is 0 Å². The van der Waals surface area contributed by atoms with Crippen molar-refractivity contribution in [2.45, 2.75) is 11.8 Å². The fraction of sp³-hybridized carbons (Fsp3) is 0.200. The molecule has 0 aliphatic carbocycles. The lowest BCUT2D eigenvalue weighted by Gasteiger charge is -2.08. The predicted molar refractivity (Wildman–Crippen MR) is 67.8 cm³/mol. The Kier molecular flexibility index (Phi) is 4.95. The Bertz CT molecular complexity index is 367. The molecule has 15 heavy (non-hydrogen) atoms. The third-order valence-electron chi connectivity index (χ3n) is 1.61. The molecule has 1 aromatic carbocycles. The van der Waals surface area contributed by atoms with Crippen LogP contribution in [0.15, 0.2) is 29.2 Å². The maximum atomic E-state index is 8.47. The highest BCUT2D eigenvalue weighted by atomic mass is 32.2. The number of hydrogen-bond acceptors (Lipinski definition) is 3. The molecule has 2 N–H and O–H groups in total. The Morgan fingerprint density at radius 1 is 1.47 bits per heavy atom. The molecule has 78 valence electrons. The summed E-state index contributed by atoms with van der Waals surface area (Å²) >= 11 is 6.18. The number of anilines is 1. The molecule has 0 atom stereocenters. The molecule has 0 radical (unpaired) electrons. The van der Waals surface area contributed by atoms with Gasteiger partial charge in [0, 0.05) is 17.1 Å². The van der Waals surface area contributed by atoms with Crippen molar-refractivity contribution in [3.8, 4) is 5.40 Å². The topological polar surface area (TPSA) is 47.8 Å². The molecule has 1 aromatic rings. The first kappa shape index (κ1) is 11.8. The van der Waals surface area contributed by atoms with E-state index in [9.17, 15) is 0 Å². The summed E-state index contributed by atoms with van der Waals surface area (Å²) in [7, 11) is 0. The molecule has 0 fully saturated rings. The van der Waals surface area contributed by atoms with E-state index in [1.54, 1.807) is 0 Å². The SMILES string of the molecule is CCNC(=S)Nc1ccc(SC#N)cc1. The zero-order chi connectivity index (χ0) is 11.1. The number of thiocyanates is 1. The number of nitriles is 1. The van der Waals surface area contributed by atoms with E-state index in [2.05, 4.69) is 10.6 Å². The van der Waals surface area contributed by atoms with Gasteiger partial charge in [-0.1, -0.05) is 0 Å². The number of thioether (sulfide) groups is 1. The van der Waals surface area contributed by atoms with Gasteiger partial charge in [0.1, 0.15) is 5.40 Å². The van der Waals surface area contributed by atoms with Gasteiger partial charge in [-0.3, -0.25) is 0 Å². The summed E-state index contributed by atoms with van der Waals surface area (Å²) in [4.78, 5) is 0.928. The second-order valence-electron chi connectivity index (χ2n) is 2.70. The lowest BCUT2D eigenvalue weighted by molar-refractivity contribution is 0.979. The maximum Gasteiger partial charge on any atom is 0.170 e. The van der Waals surface area contributed by atoms with Crippen molar-refractivity contribution < 1.29 is 0 Å². The number of hydrogen-bond donors (Lipinski definition) is 2. The van der Waals surface area contributed by atoms with E-state index in [-0.39, 0.29) is 0 Å². The van der Waals surface area contributed by atoms with E-state index >= 15 is 0 Å². The number of benzene rings is 1. The summed E-state index contributed by atoms with van der Waals surface area (Å²) in [5, 5.41) is 17.1. The standard InChI is InChI=1S/C10H11N3S2/c1-2-12-10(14)13-8-3-5-9(6-4-8)15-7-11/h3-6H,2H2,1H3,(H2,12,13,14). The van der Waals surface area contributed by atoms with Crippen LogP contribution in [0.4, 0.5) is 5.69 Å². The summed E-state index contributed by atoms with van der Waals surface area (Å²) < 4.78 is 0. The Hall–Kier alpha value is -1.25. The minimum atomic E-state index is 0.609. The molecule has 3 nitrogen and oxygen atoms in total. The lowest BCUT2D eigenvalue weighted by atomic mass is 10.3. The van der Waals surface area contributed by atoms with Crippen molar-refractivity contribution in [3.05, 3.63) is 24.3 Å². The highest BCUT2D eigenvalue weighted by Gasteiger charge is 1.96. The fourth-order valence-electron chi connectivity index (χ4n) is 0.995. The molecule has 0 aliphatic rings. The summed E-state index contributed by atoms with van der Waals surface area (Å²) in [6, 6.07) is 7.54. The molecule has 0 aliphatic heterocycles. The predicted octanol–water partition coefficient (Wildman–Crippen LogP) is 2.57. The van der Waals surface area contributed by atoms with Crippen LogP contribution in [0, 0.1) is 10.7 Å². The van der Waals surface area contributed by atoms with E-state index in [1.807, 2.05) is 36.6 Å². The molecular weight excluding hydrogens is 226 g/mol. The van der Waals surface area contributed by atoms with Crippen molar-refractivity contribution in [1.82, 2.24) is 5.32 Å². The minimum absolute atomic E-state index is 0.609. The molecule has 1 rings (SSSR count). The third kappa shape index (κ3) is 4.19. The highest BCUT2D eigenvalue weighted by Crippen LogP contribution is 2.18. The van der Waals surface area contributed by atoms with Crippen molar-refractivity contribution in [2.75, 3.05) is 11.9 Å². The van der Waals surface area contributed by atoms with Gasteiger partial charge < -0.3 is 10.6 Å². The average molecular weight is 237 g/mol. The summed E-state index contributed by atoms with van der Waals surface area (Å²) in [5.41, 5.74) is 0.920.